The first-order chi connectivity index (χ1) is 26.7. The van der Waals surface area contributed by atoms with Crippen molar-refractivity contribution in [2.75, 3.05) is 48.9 Å². The Balaban J connectivity index is 0.967. The number of fused-ring (bicyclic) bond motifs is 2. The van der Waals surface area contributed by atoms with Crippen molar-refractivity contribution >= 4 is 47.0 Å². The van der Waals surface area contributed by atoms with Crippen LogP contribution < -0.4 is 30.5 Å². The van der Waals surface area contributed by atoms with Crippen molar-refractivity contribution in [3.63, 3.8) is 0 Å². The van der Waals surface area contributed by atoms with Gasteiger partial charge in [0.15, 0.2) is 5.82 Å². The topological polar surface area (TPSA) is 179 Å². The number of carbonyl (C=O) groups is 4. The molecule has 2 aromatic rings. The number of nitrogens with one attached hydrogen (secondary N) is 3. The Morgan fingerprint density at radius 2 is 1.70 bits per heavy atom. The molecule has 3 saturated carbocycles. The first kappa shape index (κ1) is 39.6. The molecule has 0 spiro atoms. The molecule has 15 nitrogen and oxygen atoms in total. The van der Waals surface area contributed by atoms with Gasteiger partial charge >= 0.3 is 12.1 Å². The maximum atomic E-state index is 13.5. The lowest BCUT2D eigenvalue weighted by Crippen LogP contribution is -2.60. The van der Waals surface area contributed by atoms with Crippen molar-refractivity contribution in [1.82, 2.24) is 25.5 Å². The van der Waals surface area contributed by atoms with E-state index in [2.05, 4.69) is 30.7 Å². The van der Waals surface area contributed by atoms with Gasteiger partial charge in [0.05, 0.1) is 19.0 Å². The number of methoxy groups -OCH3 is 1. The Hall–Kier alpha value is -4.66. The summed E-state index contributed by atoms with van der Waals surface area (Å²) < 4.78 is 11.2. The maximum absolute atomic E-state index is 13.5. The maximum Gasteiger partial charge on any atom is 0.408 e. The average Bonchev–Trinajstić information content (AvgIpc) is 3.75. The summed E-state index contributed by atoms with van der Waals surface area (Å²) in [6.07, 6.45) is 9.69. The number of ether oxygens (including phenoxy) is 2. The van der Waals surface area contributed by atoms with E-state index in [0.717, 1.165) is 70.3 Å². The van der Waals surface area contributed by atoms with E-state index in [9.17, 15) is 24.3 Å². The number of nitrogens with zero attached hydrogens (tertiary/aromatic N) is 5. The number of rotatable bonds is 13. The minimum Gasteiger partial charge on any atom is -0.495 e. The molecular weight excluding hydrogens is 716 g/mol. The van der Waals surface area contributed by atoms with E-state index >= 15 is 0 Å². The Kier molecular flexibility index (Phi) is 11.1. The number of aromatic nitrogens is 2. The molecule has 4 N–H and O–H groups in total. The number of hydrogen-bond donors (Lipinski definition) is 4. The van der Waals surface area contributed by atoms with E-state index < -0.39 is 23.2 Å². The molecule has 2 aliphatic heterocycles. The van der Waals surface area contributed by atoms with E-state index in [-0.39, 0.29) is 54.1 Å². The number of hydrogen-bond acceptors (Lipinski definition) is 11. The summed E-state index contributed by atoms with van der Waals surface area (Å²) in [4.78, 5) is 68.1. The average molecular weight is 775 g/mol. The molecule has 2 unspecified atom stereocenters. The number of likely N-dealkylation sites (N-methyl/N-ethyl adjacent to an activating group) is 1. The Labute approximate surface area is 329 Å². The van der Waals surface area contributed by atoms with Gasteiger partial charge in [-0.2, -0.15) is 4.98 Å². The standard InChI is InChI=1S/C41H58N8O7/c1-7-30-36(51)47(5)31-21-42-38(45-34(31)49(30)26-14-10-11-15-26)43-29-17-16-24(20-32(29)55-6)35(50)44-33-27-22-48(23-28(27)33)19-18-41(37(52)53,25-12-8-9-13-25)46-39(54)56-40(2,3)4/h16-17,20-21,25-28,30,33H,7-15,18-19,22-23H2,1-6H3,(H,44,50)(H,46,54)(H,52,53)(H,42,43,45)/t27?,28?,30-,33?,41+/m1/s1. The summed E-state index contributed by atoms with van der Waals surface area (Å²) in [5.74, 6) is 0.842. The van der Waals surface area contributed by atoms with E-state index in [0.29, 0.717) is 41.6 Å². The van der Waals surface area contributed by atoms with Crippen LogP contribution in [0.25, 0.3) is 0 Å². The summed E-state index contributed by atoms with van der Waals surface area (Å²) in [5, 5.41) is 19.8. The predicted octanol–water partition coefficient (Wildman–Crippen LogP) is 5.32. The molecule has 304 valence electrons. The molecular formula is C41H58N8O7. The van der Waals surface area contributed by atoms with Gasteiger partial charge in [0, 0.05) is 44.3 Å². The third kappa shape index (κ3) is 7.83. The number of carboxylic acid groups (broad SMARTS) is 1. The third-order valence-electron chi connectivity index (χ3n) is 12.7. The minimum atomic E-state index is -1.39. The highest BCUT2D eigenvalue weighted by Gasteiger charge is 2.57. The highest BCUT2D eigenvalue weighted by atomic mass is 16.6. The Morgan fingerprint density at radius 1 is 1.02 bits per heavy atom. The molecule has 1 saturated heterocycles. The summed E-state index contributed by atoms with van der Waals surface area (Å²) >= 11 is 0. The van der Waals surface area contributed by atoms with Crippen LogP contribution in [0.5, 0.6) is 5.75 Å². The zero-order valence-electron chi connectivity index (χ0n) is 33.6. The normalized spacial score (nSPS) is 25.0. The second-order valence-electron chi connectivity index (χ2n) is 17.3. The van der Waals surface area contributed by atoms with Gasteiger partial charge < -0.3 is 45.2 Å². The van der Waals surface area contributed by atoms with Crippen LogP contribution in [0, 0.1) is 17.8 Å². The number of piperidine rings is 1. The zero-order chi connectivity index (χ0) is 39.9. The molecule has 5 aliphatic rings. The van der Waals surface area contributed by atoms with Crippen LogP contribution in [0.4, 0.5) is 27.9 Å². The number of aliphatic carboxylic acids is 1. The molecule has 3 amide bonds. The molecule has 3 aliphatic carbocycles. The van der Waals surface area contributed by atoms with Crippen LogP contribution in [0.2, 0.25) is 0 Å². The van der Waals surface area contributed by atoms with E-state index in [4.69, 9.17) is 14.5 Å². The molecule has 56 heavy (non-hydrogen) atoms. The summed E-state index contributed by atoms with van der Waals surface area (Å²) in [6.45, 7) is 9.35. The number of anilines is 4. The van der Waals surface area contributed by atoms with Crippen molar-refractivity contribution in [2.45, 2.75) is 121 Å². The second kappa shape index (κ2) is 15.7. The molecule has 0 radical (unpaired) electrons. The SMILES string of the molecule is CC[C@@H]1C(=O)N(C)c2cnc(Nc3ccc(C(=O)NC4C5CN(CC[C@@](NC(=O)OC(C)(C)C)(C(=O)O)C6CCCC6)CC54)cc3OC)nc2N1C1CCCC1. The molecule has 1 aromatic carbocycles. The quantitative estimate of drug-likeness (QED) is 0.206. The fraction of sp³-hybridized carbons (Fsp3) is 0.659. The Morgan fingerprint density at radius 3 is 2.32 bits per heavy atom. The molecule has 3 heterocycles. The van der Waals surface area contributed by atoms with E-state index in [1.165, 1.54) is 0 Å². The Bertz CT molecular complexity index is 1810. The van der Waals surface area contributed by atoms with Crippen LogP contribution in [-0.4, -0.2) is 107 Å². The lowest BCUT2D eigenvalue weighted by atomic mass is 9.79. The van der Waals surface area contributed by atoms with Gasteiger partial charge in [0.2, 0.25) is 11.9 Å². The smallest absolute Gasteiger partial charge is 0.408 e. The number of alkyl carbamates (subject to hydrolysis) is 1. The monoisotopic (exact) mass is 774 g/mol. The zero-order valence-corrected chi connectivity index (χ0v) is 33.6. The second-order valence-corrected chi connectivity index (χ2v) is 17.3. The van der Waals surface area contributed by atoms with Crippen molar-refractivity contribution in [3.05, 3.63) is 30.0 Å². The highest BCUT2D eigenvalue weighted by Crippen LogP contribution is 2.47. The lowest BCUT2D eigenvalue weighted by molar-refractivity contribution is -0.148. The molecule has 4 atom stereocenters. The van der Waals surface area contributed by atoms with Crippen LogP contribution in [0.15, 0.2) is 24.4 Å². The van der Waals surface area contributed by atoms with Gasteiger partial charge in [0.1, 0.15) is 28.6 Å². The molecule has 15 heteroatoms. The molecule has 4 fully saturated rings. The van der Waals surface area contributed by atoms with Gasteiger partial charge in [-0.3, -0.25) is 9.59 Å². The van der Waals surface area contributed by atoms with E-state index in [1.54, 1.807) is 64.2 Å². The van der Waals surface area contributed by atoms with Gasteiger partial charge in [0.25, 0.3) is 5.91 Å². The molecule has 0 bridgehead atoms. The first-order valence-electron chi connectivity index (χ1n) is 20.4. The largest absolute Gasteiger partial charge is 0.495 e. The molecule has 7 rings (SSSR count). The number of carbonyl (C=O) groups excluding carboxylic acids is 3. The minimum absolute atomic E-state index is 0.0326. The summed E-state index contributed by atoms with van der Waals surface area (Å²) in [7, 11) is 3.33. The van der Waals surface area contributed by atoms with Crippen LogP contribution in [0.1, 0.15) is 102 Å². The lowest BCUT2D eigenvalue weighted by Gasteiger charge is -2.43. The van der Waals surface area contributed by atoms with Crippen molar-refractivity contribution in [2.24, 2.45) is 17.8 Å². The highest BCUT2D eigenvalue weighted by molar-refractivity contribution is 6.04. The van der Waals surface area contributed by atoms with Gasteiger partial charge in [-0.25, -0.2) is 14.6 Å². The van der Waals surface area contributed by atoms with Crippen molar-refractivity contribution in [3.8, 4) is 5.75 Å². The van der Waals surface area contributed by atoms with Crippen LogP contribution >= 0.6 is 0 Å². The van der Waals surface area contributed by atoms with Gasteiger partial charge in [-0.05, 0) is 95.2 Å². The van der Waals surface area contributed by atoms with Crippen molar-refractivity contribution < 1.29 is 33.8 Å². The summed E-state index contributed by atoms with van der Waals surface area (Å²) in [6, 6.07) is 5.26. The van der Waals surface area contributed by atoms with Crippen molar-refractivity contribution in [1.29, 1.82) is 0 Å². The van der Waals surface area contributed by atoms with Gasteiger partial charge in [-0.15, -0.1) is 0 Å². The summed E-state index contributed by atoms with van der Waals surface area (Å²) in [5.41, 5.74) is -0.361. The van der Waals surface area contributed by atoms with Crippen LogP contribution in [-0.2, 0) is 14.3 Å². The van der Waals surface area contributed by atoms with E-state index in [1.807, 2.05) is 6.92 Å². The fourth-order valence-corrected chi connectivity index (χ4v) is 9.69. The predicted molar refractivity (Wildman–Crippen MR) is 212 cm³/mol. The number of benzene rings is 1. The number of likely N-dealkylation sites (tertiary alicyclic amines) is 1. The number of amides is 3. The number of carboxylic acids is 1. The third-order valence-corrected chi connectivity index (χ3v) is 12.7. The first-order valence-corrected chi connectivity index (χ1v) is 20.4. The molecule has 1 aromatic heterocycles. The van der Waals surface area contributed by atoms with Crippen LogP contribution in [0.3, 0.4) is 0 Å². The fourth-order valence-electron chi connectivity index (χ4n) is 9.69. The van der Waals surface area contributed by atoms with Gasteiger partial charge in [-0.1, -0.05) is 32.6 Å².